The van der Waals surface area contributed by atoms with E-state index >= 15 is 0 Å². The van der Waals surface area contributed by atoms with Gasteiger partial charge in [-0.1, -0.05) is 12.1 Å². The maximum atomic E-state index is 13.7. The second-order valence-electron chi connectivity index (χ2n) is 9.47. The van der Waals surface area contributed by atoms with Crippen molar-refractivity contribution in [2.24, 2.45) is 0 Å². The van der Waals surface area contributed by atoms with Crippen molar-refractivity contribution >= 4 is 51.7 Å². The van der Waals surface area contributed by atoms with E-state index in [0.717, 1.165) is 28.2 Å². The first-order valence-electron chi connectivity index (χ1n) is 11.8. The number of hydroxylamine groups is 2. The highest BCUT2D eigenvalue weighted by Gasteiger charge is 2.37. The predicted molar refractivity (Wildman–Crippen MR) is 133 cm³/mol. The number of nitrogens with zero attached hydrogens (tertiary/aromatic N) is 4. The maximum absolute atomic E-state index is 13.7. The summed E-state index contributed by atoms with van der Waals surface area (Å²) in [4.78, 5) is 73.5. The fourth-order valence-corrected chi connectivity index (χ4v) is 5.33. The van der Waals surface area contributed by atoms with E-state index in [1.54, 1.807) is 6.07 Å². The third-order valence-corrected chi connectivity index (χ3v) is 6.90. The molecule has 1 saturated heterocycles. The van der Waals surface area contributed by atoms with Crippen molar-refractivity contribution in [3.8, 4) is 0 Å². The van der Waals surface area contributed by atoms with Gasteiger partial charge in [-0.3, -0.25) is 24.1 Å². The Bertz CT molecular complexity index is 1530. The van der Waals surface area contributed by atoms with Crippen LogP contribution in [0.1, 0.15) is 49.5 Å². The molecule has 4 amide bonds. The molecule has 3 heterocycles. The average Bonchev–Trinajstić information content (AvgIpc) is 3.19. The van der Waals surface area contributed by atoms with Gasteiger partial charge in [0.1, 0.15) is 0 Å². The van der Waals surface area contributed by atoms with Gasteiger partial charge in [0.25, 0.3) is 23.6 Å². The number of anilines is 2. The molecule has 6 rings (SSSR count). The number of rotatable bonds is 3. The molecule has 186 valence electrons. The molecule has 0 radical (unpaired) electrons. The van der Waals surface area contributed by atoms with Gasteiger partial charge >= 0.3 is 5.97 Å². The molecule has 3 aromatic rings. The molecule has 0 atom stereocenters. The van der Waals surface area contributed by atoms with Gasteiger partial charge in [-0.15, -0.1) is 5.06 Å². The van der Waals surface area contributed by atoms with Crippen molar-refractivity contribution in [3.63, 3.8) is 0 Å². The molecule has 0 unspecified atom stereocenters. The third kappa shape index (κ3) is 3.48. The summed E-state index contributed by atoms with van der Waals surface area (Å²) in [5.74, 6) is -2.95. The highest BCUT2D eigenvalue weighted by molar-refractivity contribution is 6.36. The van der Waals surface area contributed by atoms with Crippen molar-refractivity contribution in [1.29, 1.82) is 0 Å². The van der Waals surface area contributed by atoms with Crippen molar-refractivity contribution in [1.82, 2.24) is 9.96 Å². The Morgan fingerprint density at radius 1 is 0.865 bits per heavy atom. The Balaban J connectivity index is 1.35. The topological polar surface area (TPSA) is 108 Å². The van der Waals surface area contributed by atoms with Gasteiger partial charge < -0.3 is 9.74 Å². The largest absolute Gasteiger partial charge is 0.363 e. The lowest BCUT2D eigenvalue weighted by Crippen LogP contribution is -2.42. The van der Waals surface area contributed by atoms with Crippen LogP contribution in [0.4, 0.5) is 11.4 Å². The zero-order valence-corrected chi connectivity index (χ0v) is 20.2. The summed E-state index contributed by atoms with van der Waals surface area (Å²) < 4.78 is 0. The Morgan fingerprint density at radius 3 is 2.24 bits per heavy atom. The molecule has 3 aliphatic heterocycles. The van der Waals surface area contributed by atoms with Gasteiger partial charge in [0.05, 0.1) is 17.9 Å². The van der Waals surface area contributed by atoms with E-state index in [2.05, 4.69) is 9.80 Å². The maximum Gasteiger partial charge on any atom is 0.363 e. The van der Waals surface area contributed by atoms with E-state index in [-0.39, 0.29) is 24.1 Å². The summed E-state index contributed by atoms with van der Waals surface area (Å²) in [5, 5.41) is 1.98. The summed E-state index contributed by atoms with van der Waals surface area (Å²) >= 11 is 0. The lowest BCUT2D eigenvalue weighted by atomic mass is 9.89. The molecule has 0 aliphatic carbocycles. The zero-order chi connectivity index (χ0) is 26.0. The Kier molecular flexibility index (Phi) is 5.09. The fourth-order valence-electron chi connectivity index (χ4n) is 5.33. The summed E-state index contributed by atoms with van der Waals surface area (Å²) in [7, 11) is 4.00. The Morgan fingerprint density at radius 2 is 1.54 bits per heavy atom. The van der Waals surface area contributed by atoms with E-state index in [4.69, 9.17) is 4.84 Å². The van der Waals surface area contributed by atoms with E-state index in [9.17, 15) is 24.0 Å². The predicted octanol–water partition coefficient (Wildman–Crippen LogP) is 2.70. The summed E-state index contributed by atoms with van der Waals surface area (Å²) in [6.07, 6.45) is -0.0114. The number of hydrogen-bond donors (Lipinski definition) is 0. The lowest BCUT2D eigenvalue weighted by Gasteiger charge is -2.37. The minimum Gasteiger partial charge on any atom is -0.361 e. The smallest absolute Gasteiger partial charge is 0.361 e. The summed E-state index contributed by atoms with van der Waals surface area (Å²) in [5.41, 5.74) is 3.25. The summed E-state index contributed by atoms with van der Waals surface area (Å²) in [6, 6.07) is 13.0. The standard InChI is InChI=1S/C27H22N4O6/c1-28-13-16-12-20-23-18(24(16)29(2)14-28)4-3-5-19(23)25(34)30(26(20)35)17-8-6-15(7-9-17)27(36)37-31-21(32)10-11-22(31)33/h3-9,12H,10-11,13-14H2,1-2H3. The van der Waals surface area contributed by atoms with Gasteiger partial charge in [-0.25, -0.2) is 9.69 Å². The van der Waals surface area contributed by atoms with Crippen LogP contribution in [-0.2, 0) is 21.0 Å². The second-order valence-corrected chi connectivity index (χ2v) is 9.47. The van der Waals surface area contributed by atoms with Gasteiger partial charge in [0, 0.05) is 54.0 Å². The second kappa shape index (κ2) is 8.24. The molecule has 0 bridgehead atoms. The number of fused-ring (bicyclic) bond motifs is 2. The molecule has 0 N–H and O–H groups in total. The van der Waals surface area contributed by atoms with Crippen LogP contribution in [0, 0.1) is 0 Å². The SMILES string of the molecule is CN1Cc2cc3c4c(cccc4c2N(C)C1)C(=O)N(c1ccc(C(=O)ON2C(=O)CCC2=O)cc1)C3=O. The molecule has 10 heteroatoms. The molecule has 37 heavy (non-hydrogen) atoms. The monoisotopic (exact) mass is 498 g/mol. The molecule has 0 spiro atoms. The van der Waals surface area contributed by atoms with Crippen LogP contribution in [-0.4, -0.2) is 60.3 Å². The Hall–Kier alpha value is -4.57. The van der Waals surface area contributed by atoms with Crippen LogP contribution < -0.4 is 9.80 Å². The van der Waals surface area contributed by atoms with Crippen LogP contribution >= 0.6 is 0 Å². The third-order valence-electron chi connectivity index (χ3n) is 6.90. The summed E-state index contributed by atoms with van der Waals surface area (Å²) in [6.45, 7) is 1.40. The van der Waals surface area contributed by atoms with Crippen molar-refractivity contribution in [2.75, 3.05) is 30.6 Å². The van der Waals surface area contributed by atoms with E-state index in [1.807, 2.05) is 32.3 Å². The number of carbonyl (C=O) groups is 5. The quantitative estimate of drug-likeness (QED) is 0.508. The highest BCUT2D eigenvalue weighted by atomic mass is 16.7. The molecule has 3 aliphatic rings. The molecular formula is C27H22N4O6. The molecule has 10 nitrogen and oxygen atoms in total. The molecule has 3 aromatic carbocycles. The van der Waals surface area contributed by atoms with Crippen LogP contribution in [0.5, 0.6) is 0 Å². The average molecular weight is 498 g/mol. The minimum absolute atomic E-state index is 0.00571. The first-order valence-corrected chi connectivity index (χ1v) is 11.8. The number of carbonyl (C=O) groups excluding carboxylic acids is 5. The van der Waals surface area contributed by atoms with Gasteiger partial charge in [0.15, 0.2) is 0 Å². The Labute approximate surface area is 211 Å². The van der Waals surface area contributed by atoms with E-state index in [0.29, 0.717) is 28.1 Å². The zero-order valence-electron chi connectivity index (χ0n) is 20.2. The highest BCUT2D eigenvalue weighted by Crippen LogP contribution is 2.41. The normalized spacial score (nSPS) is 17.6. The first-order chi connectivity index (χ1) is 17.7. The van der Waals surface area contributed by atoms with E-state index < -0.39 is 29.6 Å². The van der Waals surface area contributed by atoms with Crippen molar-refractivity contribution in [2.45, 2.75) is 19.4 Å². The van der Waals surface area contributed by atoms with Crippen molar-refractivity contribution in [3.05, 3.63) is 70.8 Å². The van der Waals surface area contributed by atoms with Crippen LogP contribution in [0.2, 0.25) is 0 Å². The van der Waals surface area contributed by atoms with Crippen LogP contribution in [0.3, 0.4) is 0 Å². The van der Waals surface area contributed by atoms with E-state index in [1.165, 1.54) is 24.3 Å². The number of amides is 4. The minimum atomic E-state index is -0.888. The fraction of sp³-hybridized carbons (Fsp3) is 0.222. The van der Waals surface area contributed by atoms with Crippen LogP contribution in [0.15, 0.2) is 48.5 Å². The molecule has 0 saturated carbocycles. The number of imide groups is 2. The van der Waals surface area contributed by atoms with Crippen LogP contribution in [0.25, 0.3) is 10.8 Å². The van der Waals surface area contributed by atoms with Gasteiger partial charge in [0.2, 0.25) is 0 Å². The molecular weight excluding hydrogens is 476 g/mol. The molecule has 0 aromatic heterocycles. The first kappa shape index (κ1) is 22.9. The van der Waals surface area contributed by atoms with Gasteiger partial charge in [-0.05, 0) is 49.0 Å². The number of benzene rings is 3. The van der Waals surface area contributed by atoms with Gasteiger partial charge in [-0.2, -0.15) is 0 Å². The van der Waals surface area contributed by atoms with Crippen molar-refractivity contribution < 1.29 is 28.8 Å². The number of hydrogen-bond acceptors (Lipinski definition) is 8. The molecule has 1 fully saturated rings. The lowest BCUT2D eigenvalue weighted by molar-refractivity contribution is -0.172.